The van der Waals surface area contributed by atoms with Gasteiger partial charge in [0.25, 0.3) is 0 Å². The van der Waals surface area contributed by atoms with Gasteiger partial charge in [0.15, 0.2) is 0 Å². The van der Waals surface area contributed by atoms with E-state index in [1.54, 1.807) is 11.0 Å². The van der Waals surface area contributed by atoms with Gasteiger partial charge in [0.2, 0.25) is 5.91 Å². The fourth-order valence-electron chi connectivity index (χ4n) is 5.06. The molecular formula is C29H31NO9S3. The zero-order valence-electron chi connectivity index (χ0n) is 24.4. The molecule has 3 heterocycles. The molecule has 0 saturated heterocycles. The second-order valence-electron chi connectivity index (χ2n) is 10.0. The number of amides is 1. The quantitative estimate of drug-likeness (QED) is 0.320. The molecule has 0 bridgehead atoms. The van der Waals surface area contributed by atoms with Crippen LogP contribution in [0.5, 0.6) is 0 Å². The van der Waals surface area contributed by atoms with E-state index in [4.69, 9.17) is 18.9 Å². The largest absolute Gasteiger partial charge is 0.466 e. The number of para-hydroxylation sites is 1. The summed E-state index contributed by atoms with van der Waals surface area (Å²) in [5, 5.41) is 0. The molecule has 4 rings (SSSR count). The number of hydrogen-bond acceptors (Lipinski definition) is 12. The van der Waals surface area contributed by atoms with Crippen LogP contribution in [-0.4, -0.2) is 67.8 Å². The van der Waals surface area contributed by atoms with Gasteiger partial charge < -0.3 is 23.8 Å². The maximum atomic E-state index is 13.9. The molecule has 13 heteroatoms. The number of rotatable bonds is 6. The Bertz CT molecular complexity index is 1460. The van der Waals surface area contributed by atoms with E-state index in [0.717, 1.165) is 35.3 Å². The molecule has 0 aromatic heterocycles. The highest BCUT2D eigenvalue weighted by Gasteiger charge is 2.61. The minimum absolute atomic E-state index is 0.0816. The van der Waals surface area contributed by atoms with Crippen LogP contribution < -0.4 is 4.90 Å². The highest BCUT2D eigenvalue weighted by atomic mass is 32.2. The molecule has 0 aliphatic carbocycles. The third kappa shape index (κ3) is 4.75. The number of carbonyl (C=O) groups is 5. The molecule has 1 unspecified atom stereocenters. The Kier molecular flexibility index (Phi) is 8.96. The van der Waals surface area contributed by atoms with Crippen molar-refractivity contribution >= 4 is 76.3 Å². The first-order valence-corrected chi connectivity index (χ1v) is 15.4. The summed E-state index contributed by atoms with van der Waals surface area (Å²) in [6, 6.07) is 7.23. The average Bonchev–Trinajstić information content (AvgIpc) is 3.38. The maximum Gasteiger partial charge on any atom is 0.345 e. The normalized spacial score (nSPS) is 19.2. The number of fused-ring (bicyclic) bond motifs is 3. The predicted molar refractivity (Wildman–Crippen MR) is 162 cm³/mol. The average molecular weight is 634 g/mol. The van der Waals surface area contributed by atoms with Crippen LogP contribution in [0.2, 0.25) is 0 Å². The van der Waals surface area contributed by atoms with Crippen LogP contribution in [0.1, 0.15) is 39.7 Å². The minimum Gasteiger partial charge on any atom is -0.466 e. The van der Waals surface area contributed by atoms with E-state index in [0.29, 0.717) is 28.1 Å². The lowest BCUT2D eigenvalue weighted by Crippen LogP contribution is -2.55. The molecule has 10 nitrogen and oxygen atoms in total. The Morgan fingerprint density at radius 3 is 1.81 bits per heavy atom. The van der Waals surface area contributed by atoms with Crippen LogP contribution in [0.25, 0.3) is 5.57 Å². The summed E-state index contributed by atoms with van der Waals surface area (Å²) in [5.74, 6) is -3.71. The van der Waals surface area contributed by atoms with Gasteiger partial charge >= 0.3 is 23.9 Å². The number of nitrogens with zero attached hydrogens (tertiary/aromatic N) is 1. The van der Waals surface area contributed by atoms with Crippen LogP contribution in [0, 0.1) is 5.92 Å². The summed E-state index contributed by atoms with van der Waals surface area (Å²) >= 11 is 2.81. The summed E-state index contributed by atoms with van der Waals surface area (Å²) in [6.45, 7) is 7.50. The van der Waals surface area contributed by atoms with Crippen molar-refractivity contribution in [1.82, 2.24) is 0 Å². The summed E-state index contributed by atoms with van der Waals surface area (Å²) in [7, 11) is 4.72. The van der Waals surface area contributed by atoms with Crippen molar-refractivity contribution in [2.75, 3.05) is 33.3 Å². The Hall–Kier alpha value is -3.16. The first-order valence-electron chi connectivity index (χ1n) is 12.9. The lowest BCUT2D eigenvalue weighted by Gasteiger charge is -2.51. The number of hydrogen-bond donors (Lipinski definition) is 0. The molecule has 1 aromatic carbocycles. The Morgan fingerprint density at radius 2 is 1.31 bits per heavy atom. The Labute approximate surface area is 256 Å². The molecule has 0 N–H and O–H groups in total. The van der Waals surface area contributed by atoms with Crippen molar-refractivity contribution in [3.05, 3.63) is 55.0 Å². The van der Waals surface area contributed by atoms with Crippen molar-refractivity contribution < 1.29 is 42.9 Å². The SMILES string of the molecule is CCC(C)C(=O)N1c2ccccc2C2=C(SC(C(=O)OC)=C(C(=O)OC)C23SC(C(=O)OC)=C(C(=O)OC)S3)C1(C)C. The number of benzene rings is 1. The molecule has 1 aromatic rings. The zero-order chi connectivity index (χ0) is 31.1. The van der Waals surface area contributed by atoms with Gasteiger partial charge in [-0.15, -0.1) is 0 Å². The number of carbonyl (C=O) groups excluding carboxylic acids is 5. The lowest BCUT2D eigenvalue weighted by atomic mass is 9.82. The van der Waals surface area contributed by atoms with Crippen LogP contribution >= 0.6 is 35.3 Å². The fraction of sp³-hybridized carbons (Fsp3) is 0.414. The number of anilines is 1. The minimum atomic E-state index is -1.59. The summed E-state index contributed by atoms with van der Waals surface area (Å²) in [6.07, 6.45) is 0.608. The Balaban J connectivity index is 2.15. The summed E-state index contributed by atoms with van der Waals surface area (Å²) in [5.41, 5.74) is 0.581. The molecular weight excluding hydrogens is 603 g/mol. The Morgan fingerprint density at radius 1 is 0.810 bits per heavy atom. The smallest absolute Gasteiger partial charge is 0.345 e. The van der Waals surface area contributed by atoms with Gasteiger partial charge in [0, 0.05) is 22.0 Å². The molecule has 3 aliphatic rings. The highest BCUT2D eigenvalue weighted by molar-refractivity contribution is 8.26. The standard InChI is InChI=1S/C29H31NO9S3/c1-9-14(2)23(31)30-16-13-11-10-12-15(16)17-22(28(30,3)4)40-19(25(33)37-6)18(24(32)36-5)29(17)41-20(26(34)38-7)21(42-29)27(35)39-8/h10-14H,9H2,1-8H3. The molecule has 42 heavy (non-hydrogen) atoms. The molecule has 1 atom stereocenters. The molecule has 0 fully saturated rings. The monoisotopic (exact) mass is 633 g/mol. The van der Waals surface area contributed by atoms with Gasteiger partial charge in [-0.25, -0.2) is 19.2 Å². The van der Waals surface area contributed by atoms with Gasteiger partial charge in [0.1, 0.15) is 18.8 Å². The van der Waals surface area contributed by atoms with E-state index in [1.807, 2.05) is 45.9 Å². The summed E-state index contributed by atoms with van der Waals surface area (Å²) in [4.78, 5) is 69.0. The number of thioether (sulfide) groups is 3. The van der Waals surface area contributed by atoms with Gasteiger partial charge in [-0.2, -0.15) is 0 Å². The van der Waals surface area contributed by atoms with Crippen LogP contribution in [0.15, 0.2) is 49.5 Å². The first-order chi connectivity index (χ1) is 19.9. The van der Waals surface area contributed by atoms with Gasteiger partial charge in [-0.1, -0.05) is 67.3 Å². The van der Waals surface area contributed by atoms with Crippen molar-refractivity contribution in [3.63, 3.8) is 0 Å². The van der Waals surface area contributed by atoms with Crippen LogP contribution in [0.4, 0.5) is 5.69 Å². The third-order valence-corrected chi connectivity index (χ3v) is 12.0. The predicted octanol–water partition coefficient (Wildman–Crippen LogP) is 4.65. The van der Waals surface area contributed by atoms with Crippen molar-refractivity contribution in [2.45, 2.75) is 43.7 Å². The second kappa shape index (κ2) is 11.8. The molecule has 0 saturated carbocycles. The maximum absolute atomic E-state index is 13.9. The molecule has 0 radical (unpaired) electrons. The number of methoxy groups -OCH3 is 4. The van der Waals surface area contributed by atoms with Crippen molar-refractivity contribution in [3.8, 4) is 0 Å². The van der Waals surface area contributed by atoms with Crippen LogP contribution in [0.3, 0.4) is 0 Å². The first kappa shape index (κ1) is 31.8. The van der Waals surface area contributed by atoms with Gasteiger partial charge in [-0.05, 0) is 26.3 Å². The van der Waals surface area contributed by atoms with Crippen molar-refractivity contribution in [1.29, 1.82) is 0 Å². The highest BCUT2D eigenvalue weighted by Crippen LogP contribution is 2.71. The lowest BCUT2D eigenvalue weighted by molar-refractivity contribution is -0.138. The van der Waals surface area contributed by atoms with E-state index < -0.39 is 33.5 Å². The molecule has 1 spiro atoms. The van der Waals surface area contributed by atoms with E-state index in [1.165, 1.54) is 28.4 Å². The van der Waals surface area contributed by atoms with E-state index in [2.05, 4.69) is 0 Å². The van der Waals surface area contributed by atoms with Crippen LogP contribution in [-0.2, 0) is 42.9 Å². The molecule has 224 valence electrons. The fourth-order valence-corrected chi connectivity index (χ4v) is 10.1. The number of esters is 4. The third-order valence-electron chi connectivity index (χ3n) is 7.30. The van der Waals surface area contributed by atoms with E-state index in [-0.39, 0.29) is 32.1 Å². The summed E-state index contributed by atoms with van der Waals surface area (Å²) < 4.78 is 18.7. The number of ether oxygens (including phenoxy) is 4. The zero-order valence-corrected chi connectivity index (χ0v) is 26.9. The molecule has 1 amide bonds. The second-order valence-corrected chi connectivity index (χ2v) is 13.7. The van der Waals surface area contributed by atoms with Gasteiger partial charge in [-0.3, -0.25) is 4.79 Å². The van der Waals surface area contributed by atoms with E-state index >= 15 is 0 Å². The topological polar surface area (TPSA) is 126 Å². The van der Waals surface area contributed by atoms with E-state index in [9.17, 15) is 24.0 Å². The van der Waals surface area contributed by atoms with Gasteiger partial charge in [0.05, 0.1) is 45.2 Å². The van der Waals surface area contributed by atoms with Crippen molar-refractivity contribution in [2.24, 2.45) is 5.92 Å². The molecule has 3 aliphatic heterocycles.